The molecule has 2 atom stereocenters. The second-order valence-corrected chi connectivity index (χ2v) is 3.91. The van der Waals surface area contributed by atoms with E-state index < -0.39 is 0 Å². The predicted octanol–water partition coefficient (Wildman–Crippen LogP) is 2.00. The summed E-state index contributed by atoms with van der Waals surface area (Å²) in [6.07, 6.45) is 6.75. The molecule has 12 heavy (non-hydrogen) atoms. The molecule has 0 aliphatic carbocycles. The van der Waals surface area contributed by atoms with Crippen molar-refractivity contribution in [1.82, 2.24) is 0 Å². The van der Waals surface area contributed by atoms with Crippen LogP contribution in [0.1, 0.15) is 19.8 Å². The quantitative estimate of drug-likeness (QED) is 0.674. The summed E-state index contributed by atoms with van der Waals surface area (Å²) >= 11 is 1.77. The first-order valence-electron chi connectivity index (χ1n) is 4.15. The summed E-state index contributed by atoms with van der Waals surface area (Å²) in [5.41, 5.74) is 0. The van der Waals surface area contributed by atoms with Crippen LogP contribution in [0.2, 0.25) is 0 Å². The maximum atomic E-state index is 11.0. The largest absolute Gasteiger partial charge is 0.496 e. The third kappa shape index (κ3) is 2.27. The zero-order valence-electron chi connectivity index (χ0n) is 7.45. The summed E-state index contributed by atoms with van der Waals surface area (Å²) < 4.78 is 5.37. The molecule has 1 heterocycles. The van der Waals surface area contributed by atoms with Gasteiger partial charge in [0.15, 0.2) is 5.78 Å². The summed E-state index contributed by atoms with van der Waals surface area (Å²) in [6.45, 7) is 2.12. The first-order chi connectivity index (χ1) is 5.77. The average molecular weight is 186 g/mol. The molecule has 0 fully saturated rings. The summed E-state index contributed by atoms with van der Waals surface area (Å²) in [4.78, 5) is 11.0. The number of hydrogen-bond donors (Lipinski definition) is 0. The van der Waals surface area contributed by atoms with Crippen molar-refractivity contribution in [1.29, 1.82) is 0 Å². The Kier molecular flexibility index (Phi) is 3.66. The topological polar surface area (TPSA) is 26.3 Å². The van der Waals surface area contributed by atoms with Crippen molar-refractivity contribution < 1.29 is 9.53 Å². The highest BCUT2D eigenvalue weighted by Crippen LogP contribution is 2.22. The first kappa shape index (κ1) is 9.65. The minimum Gasteiger partial charge on any atom is -0.496 e. The number of carbonyl (C=O) groups excluding carboxylic acids is 1. The van der Waals surface area contributed by atoms with Crippen molar-refractivity contribution in [3.05, 3.63) is 12.3 Å². The van der Waals surface area contributed by atoms with E-state index in [9.17, 15) is 4.79 Å². The Morgan fingerprint density at radius 2 is 2.58 bits per heavy atom. The van der Waals surface area contributed by atoms with Crippen LogP contribution in [0, 0.1) is 0 Å². The maximum Gasteiger partial charge on any atom is 0.162 e. The molecule has 0 spiro atoms. The van der Waals surface area contributed by atoms with Gasteiger partial charge >= 0.3 is 0 Å². The average Bonchev–Trinajstić information content (AvgIpc) is 2.07. The lowest BCUT2D eigenvalue weighted by molar-refractivity contribution is -0.117. The van der Waals surface area contributed by atoms with E-state index in [-0.39, 0.29) is 11.9 Å². The number of carbonyl (C=O) groups is 1. The van der Waals surface area contributed by atoms with E-state index >= 15 is 0 Å². The van der Waals surface area contributed by atoms with Crippen LogP contribution in [0.4, 0.5) is 0 Å². The maximum absolute atomic E-state index is 11.0. The third-order valence-corrected chi connectivity index (χ3v) is 3.27. The summed E-state index contributed by atoms with van der Waals surface area (Å²) in [6, 6.07) is 0. The van der Waals surface area contributed by atoms with E-state index in [0.29, 0.717) is 11.7 Å². The zero-order valence-corrected chi connectivity index (χ0v) is 8.26. The van der Waals surface area contributed by atoms with Crippen LogP contribution in [0.25, 0.3) is 0 Å². The van der Waals surface area contributed by atoms with E-state index in [1.54, 1.807) is 11.8 Å². The highest BCUT2D eigenvalue weighted by molar-refractivity contribution is 7.99. The van der Waals surface area contributed by atoms with Gasteiger partial charge in [0.25, 0.3) is 0 Å². The molecule has 1 aliphatic heterocycles. The molecule has 1 rings (SSSR count). The molecule has 0 aromatic carbocycles. The molecule has 0 saturated heterocycles. The Morgan fingerprint density at radius 1 is 1.83 bits per heavy atom. The van der Waals surface area contributed by atoms with Crippen molar-refractivity contribution in [2.45, 2.75) is 31.1 Å². The van der Waals surface area contributed by atoms with Gasteiger partial charge in [-0.05, 0) is 12.7 Å². The van der Waals surface area contributed by atoms with Gasteiger partial charge in [0.2, 0.25) is 0 Å². The van der Waals surface area contributed by atoms with E-state index in [1.807, 2.05) is 0 Å². The highest BCUT2D eigenvalue weighted by atomic mass is 32.2. The van der Waals surface area contributed by atoms with Gasteiger partial charge in [0.1, 0.15) is 6.10 Å². The Labute approximate surface area is 77.4 Å². The van der Waals surface area contributed by atoms with Gasteiger partial charge in [0.05, 0.1) is 6.26 Å². The Hall–Kier alpha value is -0.440. The summed E-state index contributed by atoms with van der Waals surface area (Å²) in [5.74, 6) is 0.179. The van der Waals surface area contributed by atoms with Crippen LogP contribution >= 0.6 is 11.8 Å². The van der Waals surface area contributed by atoms with Crippen molar-refractivity contribution in [3.63, 3.8) is 0 Å². The van der Waals surface area contributed by atoms with Gasteiger partial charge in [-0.2, -0.15) is 11.8 Å². The molecule has 3 heteroatoms. The first-order valence-corrected chi connectivity index (χ1v) is 5.44. The molecule has 0 amide bonds. The molecular weight excluding hydrogens is 172 g/mol. The lowest BCUT2D eigenvalue weighted by atomic mass is 10.1. The van der Waals surface area contributed by atoms with Crippen LogP contribution in [0.3, 0.4) is 0 Å². The summed E-state index contributed by atoms with van der Waals surface area (Å²) in [7, 11) is 0. The molecule has 0 radical (unpaired) electrons. The van der Waals surface area contributed by atoms with Gasteiger partial charge in [-0.25, -0.2) is 0 Å². The molecule has 0 N–H and O–H groups in total. The van der Waals surface area contributed by atoms with E-state index in [2.05, 4.69) is 13.2 Å². The predicted molar refractivity (Wildman–Crippen MR) is 51.2 cm³/mol. The fraction of sp³-hybridized carbons (Fsp3) is 0.667. The second-order valence-electron chi connectivity index (χ2n) is 2.83. The highest BCUT2D eigenvalue weighted by Gasteiger charge is 2.24. The minimum atomic E-state index is 0.0856. The molecule has 0 aromatic heterocycles. The number of hydrogen-bond acceptors (Lipinski definition) is 3. The van der Waals surface area contributed by atoms with Crippen molar-refractivity contribution in [2.24, 2.45) is 0 Å². The van der Waals surface area contributed by atoms with E-state index in [0.717, 1.165) is 6.42 Å². The summed E-state index contributed by atoms with van der Waals surface area (Å²) in [5, 5.41) is 0.443. The number of ether oxygens (including phenoxy) is 1. The van der Waals surface area contributed by atoms with Gasteiger partial charge in [-0.3, -0.25) is 4.79 Å². The monoisotopic (exact) mass is 186 g/mol. The lowest BCUT2D eigenvalue weighted by Crippen LogP contribution is -2.29. The number of ketones is 1. The normalized spacial score (nSPS) is 25.2. The number of allylic oxidation sites excluding steroid dienone is 1. The molecule has 68 valence electrons. The third-order valence-electron chi connectivity index (χ3n) is 2.03. The van der Waals surface area contributed by atoms with Crippen LogP contribution in [0.15, 0.2) is 12.3 Å². The van der Waals surface area contributed by atoms with Gasteiger partial charge < -0.3 is 4.74 Å². The van der Waals surface area contributed by atoms with Gasteiger partial charge in [0, 0.05) is 17.7 Å². The van der Waals surface area contributed by atoms with Crippen molar-refractivity contribution in [3.8, 4) is 0 Å². The minimum absolute atomic E-state index is 0.0856. The lowest BCUT2D eigenvalue weighted by Gasteiger charge is -2.25. The SMILES string of the molecule is CC[C@H](SC)[C@H]1CC(=O)C=CO1. The molecular formula is C9H14O2S. The standard InChI is InChI=1S/C9H14O2S/c1-3-9(12-2)8-6-7(10)4-5-11-8/h4-5,8-9H,3,6H2,1-2H3/t8-,9+/m1/s1. The van der Waals surface area contributed by atoms with Crippen LogP contribution < -0.4 is 0 Å². The molecule has 0 saturated carbocycles. The Morgan fingerprint density at radius 3 is 3.08 bits per heavy atom. The molecule has 0 unspecified atom stereocenters. The van der Waals surface area contributed by atoms with Crippen molar-refractivity contribution in [2.75, 3.05) is 6.26 Å². The molecule has 0 bridgehead atoms. The van der Waals surface area contributed by atoms with Gasteiger partial charge in [-0.15, -0.1) is 0 Å². The van der Waals surface area contributed by atoms with Crippen LogP contribution in [-0.4, -0.2) is 23.4 Å². The molecule has 1 aliphatic rings. The Balaban J connectivity index is 2.52. The van der Waals surface area contributed by atoms with E-state index in [1.165, 1.54) is 12.3 Å². The number of thioether (sulfide) groups is 1. The molecule has 0 aromatic rings. The fourth-order valence-electron chi connectivity index (χ4n) is 1.33. The fourth-order valence-corrected chi connectivity index (χ4v) is 2.13. The zero-order chi connectivity index (χ0) is 8.97. The Bertz CT molecular complexity index is 185. The number of rotatable bonds is 3. The van der Waals surface area contributed by atoms with Gasteiger partial charge in [-0.1, -0.05) is 6.92 Å². The van der Waals surface area contributed by atoms with Crippen LogP contribution in [0.5, 0.6) is 0 Å². The van der Waals surface area contributed by atoms with Crippen molar-refractivity contribution >= 4 is 17.5 Å². The van der Waals surface area contributed by atoms with Crippen LogP contribution in [-0.2, 0) is 9.53 Å². The smallest absolute Gasteiger partial charge is 0.162 e. The molecule has 2 nitrogen and oxygen atoms in total. The second kappa shape index (κ2) is 4.55. The van der Waals surface area contributed by atoms with E-state index in [4.69, 9.17) is 4.74 Å².